The molecule has 0 unspecified atom stereocenters. The lowest BCUT2D eigenvalue weighted by atomic mass is 9.36. The van der Waals surface area contributed by atoms with E-state index in [0.717, 1.165) is 43.9 Å². The minimum absolute atomic E-state index is 0.129. The van der Waals surface area contributed by atoms with Crippen molar-refractivity contribution in [1.29, 1.82) is 0 Å². The van der Waals surface area contributed by atoms with Gasteiger partial charge in [-0.2, -0.15) is 0 Å². The van der Waals surface area contributed by atoms with Crippen molar-refractivity contribution in [3.8, 4) is 0 Å². The Hall–Kier alpha value is -0.440. The Labute approximate surface area is 147 Å². The number of hydrogen-bond acceptors (Lipinski definition) is 2. The van der Waals surface area contributed by atoms with E-state index in [9.17, 15) is 9.59 Å². The van der Waals surface area contributed by atoms with Crippen LogP contribution in [0.3, 0.4) is 0 Å². The first kappa shape index (κ1) is 16.1. The molecule has 2 nitrogen and oxygen atoms in total. The molecule has 5 rings (SSSR count). The lowest BCUT2D eigenvalue weighted by Gasteiger charge is -2.66. The van der Waals surface area contributed by atoms with E-state index in [1.807, 2.05) is 0 Å². The first-order valence-electron chi connectivity index (χ1n) is 9.08. The SMILES string of the molecule is C=C1C[C@]23CC[C@@H]4[C@](C)(CCC(=O)[C@@]4(C)CBr)[C@H]2C[C@H]1CC3=O. The second kappa shape index (κ2) is 4.80. The molecular formula is C20H27BrO2. The molecule has 0 aliphatic heterocycles. The minimum atomic E-state index is -0.259. The minimum Gasteiger partial charge on any atom is -0.299 e. The average molecular weight is 379 g/mol. The molecule has 2 bridgehead atoms. The van der Waals surface area contributed by atoms with E-state index in [2.05, 4.69) is 36.4 Å². The van der Waals surface area contributed by atoms with Gasteiger partial charge in [0.25, 0.3) is 0 Å². The summed E-state index contributed by atoms with van der Waals surface area (Å²) in [5.41, 5.74) is 1.04. The van der Waals surface area contributed by atoms with Crippen LogP contribution >= 0.6 is 15.9 Å². The van der Waals surface area contributed by atoms with Crippen molar-refractivity contribution in [2.45, 2.75) is 58.8 Å². The summed E-state index contributed by atoms with van der Waals surface area (Å²) in [6.07, 6.45) is 6.42. The summed E-state index contributed by atoms with van der Waals surface area (Å²) in [6.45, 7) is 8.84. The summed E-state index contributed by atoms with van der Waals surface area (Å²) >= 11 is 3.64. The highest BCUT2D eigenvalue weighted by molar-refractivity contribution is 9.09. The van der Waals surface area contributed by atoms with Crippen molar-refractivity contribution in [3.05, 3.63) is 12.2 Å². The molecule has 5 aliphatic carbocycles. The van der Waals surface area contributed by atoms with E-state index < -0.39 is 0 Å². The topological polar surface area (TPSA) is 34.1 Å². The van der Waals surface area contributed by atoms with Gasteiger partial charge in [-0.25, -0.2) is 0 Å². The second-order valence-corrected chi connectivity index (χ2v) is 9.74. The predicted molar refractivity (Wildman–Crippen MR) is 94.4 cm³/mol. The number of ketones is 2. The monoisotopic (exact) mass is 378 g/mol. The van der Waals surface area contributed by atoms with Crippen LogP contribution in [-0.4, -0.2) is 16.9 Å². The Bertz CT molecular complexity index is 611. The third-order valence-corrected chi connectivity index (χ3v) is 9.50. The predicted octanol–water partition coefficient (Wildman–Crippen LogP) is 4.71. The molecule has 3 heteroatoms. The summed E-state index contributed by atoms with van der Waals surface area (Å²) < 4.78 is 0. The van der Waals surface area contributed by atoms with Crippen molar-refractivity contribution in [2.24, 2.45) is 34.0 Å². The summed E-state index contributed by atoms with van der Waals surface area (Å²) in [7, 11) is 0. The zero-order valence-electron chi connectivity index (χ0n) is 14.3. The molecule has 0 heterocycles. The molecule has 0 aromatic rings. The fourth-order valence-corrected chi connectivity index (χ4v) is 7.70. The molecular weight excluding hydrogens is 352 g/mol. The fraction of sp³-hybridized carbons (Fsp3) is 0.800. The van der Waals surface area contributed by atoms with Crippen LogP contribution in [0.15, 0.2) is 12.2 Å². The number of rotatable bonds is 1. The van der Waals surface area contributed by atoms with E-state index in [-0.39, 0.29) is 16.2 Å². The van der Waals surface area contributed by atoms with Crippen molar-refractivity contribution in [3.63, 3.8) is 0 Å². The number of fused-ring (bicyclic) bond motifs is 3. The van der Waals surface area contributed by atoms with Crippen LogP contribution in [0.1, 0.15) is 58.8 Å². The molecule has 1 spiro atoms. The number of Topliss-reactive ketones (excluding diaryl/α,β-unsaturated/α-hetero) is 2. The number of allylic oxidation sites excluding steroid dienone is 1. The van der Waals surface area contributed by atoms with Crippen LogP contribution in [0, 0.1) is 34.0 Å². The van der Waals surface area contributed by atoms with Crippen LogP contribution in [0.2, 0.25) is 0 Å². The summed E-state index contributed by atoms with van der Waals surface area (Å²) in [5.74, 6) is 2.19. The molecule has 0 N–H and O–H groups in total. The van der Waals surface area contributed by atoms with E-state index in [1.165, 1.54) is 5.57 Å². The van der Waals surface area contributed by atoms with Gasteiger partial charge in [0, 0.05) is 29.0 Å². The average Bonchev–Trinajstić information content (AvgIpc) is 2.52. The van der Waals surface area contributed by atoms with Crippen molar-refractivity contribution in [1.82, 2.24) is 0 Å². The third-order valence-electron chi connectivity index (χ3n) is 8.34. The third kappa shape index (κ3) is 1.81. The van der Waals surface area contributed by atoms with E-state index in [4.69, 9.17) is 0 Å². The Balaban J connectivity index is 1.80. The van der Waals surface area contributed by atoms with Crippen LogP contribution in [0.25, 0.3) is 0 Å². The molecule has 126 valence electrons. The standard InChI is InChI=1S/C20H27BrO2/c1-12-10-20-7-4-14-18(2,6-5-16(22)19(14,3)11-21)15(20)8-13(12)9-17(20)23/h13-15H,1,4-11H2,2-3H3/t13-,14+,15+,18-,19-,20+/m0/s1. The van der Waals surface area contributed by atoms with Gasteiger partial charge >= 0.3 is 0 Å². The Morgan fingerprint density at radius 2 is 1.91 bits per heavy atom. The van der Waals surface area contributed by atoms with Crippen LogP contribution < -0.4 is 0 Å². The zero-order chi connectivity index (χ0) is 16.6. The highest BCUT2D eigenvalue weighted by atomic mass is 79.9. The van der Waals surface area contributed by atoms with Crippen molar-refractivity contribution >= 4 is 27.5 Å². The van der Waals surface area contributed by atoms with Gasteiger partial charge in [0.1, 0.15) is 11.6 Å². The zero-order valence-corrected chi connectivity index (χ0v) is 15.9. The van der Waals surface area contributed by atoms with Crippen molar-refractivity contribution < 1.29 is 9.59 Å². The summed E-state index contributed by atoms with van der Waals surface area (Å²) in [4.78, 5) is 25.6. The van der Waals surface area contributed by atoms with Gasteiger partial charge in [0.2, 0.25) is 0 Å². The molecule has 5 aliphatic rings. The highest BCUT2D eigenvalue weighted by Gasteiger charge is 2.67. The van der Waals surface area contributed by atoms with E-state index in [1.54, 1.807) is 0 Å². The van der Waals surface area contributed by atoms with Crippen LogP contribution in [0.5, 0.6) is 0 Å². The normalized spacial score (nSPS) is 52.3. The smallest absolute Gasteiger partial charge is 0.140 e. The van der Waals surface area contributed by atoms with Crippen molar-refractivity contribution in [2.75, 3.05) is 5.33 Å². The number of halogens is 1. The number of alkyl halides is 1. The van der Waals surface area contributed by atoms with Gasteiger partial charge in [0.05, 0.1) is 0 Å². The molecule has 23 heavy (non-hydrogen) atoms. The molecule has 0 saturated heterocycles. The maximum atomic E-state index is 13.0. The Kier molecular flexibility index (Phi) is 3.35. The maximum absolute atomic E-state index is 13.0. The quantitative estimate of drug-likeness (QED) is 0.489. The van der Waals surface area contributed by atoms with E-state index in [0.29, 0.717) is 35.7 Å². The van der Waals surface area contributed by atoms with Gasteiger partial charge in [0.15, 0.2) is 0 Å². The summed E-state index contributed by atoms with van der Waals surface area (Å²) in [6, 6.07) is 0. The van der Waals surface area contributed by atoms with Crippen LogP contribution in [-0.2, 0) is 9.59 Å². The Morgan fingerprint density at radius 1 is 1.17 bits per heavy atom. The number of carbonyl (C=O) groups is 2. The second-order valence-electron chi connectivity index (χ2n) is 9.18. The molecule has 5 fully saturated rings. The van der Waals surface area contributed by atoms with Crippen LogP contribution in [0.4, 0.5) is 0 Å². The summed E-state index contributed by atoms with van der Waals surface area (Å²) in [5, 5.41) is 0.753. The van der Waals surface area contributed by atoms with E-state index >= 15 is 0 Å². The largest absolute Gasteiger partial charge is 0.299 e. The van der Waals surface area contributed by atoms with Gasteiger partial charge < -0.3 is 0 Å². The first-order valence-corrected chi connectivity index (χ1v) is 10.2. The Morgan fingerprint density at radius 3 is 2.61 bits per heavy atom. The lowest BCUT2D eigenvalue weighted by molar-refractivity contribution is -0.181. The first-order chi connectivity index (χ1) is 10.8. The van der Waals surface area contributed by atoms with Gasteiger partial charge in [-0.05, 0) is 55.3 Å². The molecule has 6 atom stereocenters. The molecule has 5 saturated carbocycles. The molecule has 0 amide bonds. The highest BCUT2D eigenvalue weighted by Crippen LogP contribution is 2.70. The van der Waals surface area contributed by atoms with Gasteiger partial charge in [-0.3, -0.25) is 9.59 Å². The van der Waals surface area contributed by atoms with Gasteiger partial charge in [-0.15, -0.1) is 0 Å². The number of hydrogen-bond donors (Lipinski definition) is 0. The maximum Gasteiger partial charge on any atom is 0.140 e. The molecule has 0 radical (unpaired) electrons. The lowest BCUT2D eigenvalue weighted by Crippen LogP contribution is -2.64. The molecule has 0 aromatic heterocycles. The van der Waals surface area contributed by atoms with Gasteiger partial charge in [-0.1, -0.05) is 41.9 Å². The fourth-order valence-electron chi connectivity index (χ4n) is 7.00. The number of carbonyl (C=O) groups excluding carboxylic acids is 2. The molecule has 0 aromatic carbocycles.